The molecule has 1 rings (SSSR count). The molecule has 0 aliphatic rings. The lowest BCUT2D eigenvalue weighted by Crippen LogP contribution is -2.46. The molecule has 3 nitrogen and oxygen atoms in total. The number of halogens is 1. The van der Waals surface area contributed by atoms with Crippen molar-refractivity contribution in [3.63, 3.8) is 0 Å². The first-order valence-corrected chi connectivity index (χ1v) is 4.68. The molecule has 0 fully saturated rings. The van der Waals surface area contributed by atoms with E-state index >= 15 is 0 Å². The predicted octanol–water partition coefficient (Wildman–Crippen LogP) is 1.35. The number of carbonyl (C=O) groups is 1. The molecular weight excluding hydrogens is 209 g/mol. The van der Waals surface area contributed by atoms with E-state index in [9.17, 15) is 9.18 Å². The van der Waals surface area contributed by atoms with Crippen LogP contribution in [0.4, 0.5) is 4.39 Å². The van der Waals surface area contributed by atoms with Crippen LogP contribution >= 0.6 is 0 Å². The SMILES string of the molecule is C#CCNC(C)(C(=O)O)c1cccc(F)c1. The second-order valence-corrected chi connectivity index (χ2v) is 3.50. The summed E-state index contributed by atoms with van der Waals surface area (Å²) in [7, 11) is 0. The molecule has 2 N–H and O–H groups in total. The van der Waals surface area contributed by atoms with Gasteiger partial charge < -0.3 is 5.11 Å². The number of rotatable bonds is 4. The highest BCUT2D eigenvalue weighted by Crippen LogP contribution is 2.21. The van der Waals surface area contributed by atoms with E-state index in [1.54, 1.807) is 6.07 Å². The standard InChI is InChI=1S/C12H12FNO2/c1-3-7-14-12(2,11(15)16)9-5-4-6-10(13)8-9/h1,4-6,8,14H,7H2,2H3,(H,15,16). The molecule has 0 saturated carbocycles. The summed E-state index contributed by atoms with van der Waals surface area (Å²) in [5.74, 6) is 0.712. The Morgan fingerprint density at radius 1 is 1.69 bits per heavy atom. The maximum Gasteiger partial charge on any atom is 0.328 e. The third-order valence-electron chi connectivity index (χ3n) is 2.37. The zero-order valence-electron chi connectivity index (χ0n) is 8.83. The van der Waals surface area contributed by atoms with Crippen LogP contribution in [-0.2, 0) is 10.3 Å². The van der Waals surface area contributed by atoms with Crippen molar-refractivity contribution in [3.05, 3.63) is 35.6 Å². The third kappa shape index (κ3) is 2.38. The summed E-state index contributed by atoms with van der Waals surface area (Å²) in [6, 6.07) is 5.44. The lowest BCUT2D eigenvalue weighted by Gasteiger charge is -2.25. The molecule has 0 spiro atoms. The van der Waals surface area contributed by atoms with Gasteiger partial charge in [0.25, 0.3) is 0 Å². The van der Waals surface area contributed by atoms with Gasteiger partial charge in [-0.3, -0.25) is 5.32 Å². The van der Waals surface area contributed by atoms with E-state index in [0.717, 1.165) is 0 Å². The molecule has 4 heteroatoms. The maximum atomic E-state index is 13.0. The minimum absolute atomic E-state index is 0.0965. The molecular formula is C12H12FNO2. The molecule has 0 bridgehead atoms. The predicted molar refractivity (Wildman–Crippen MR) is 58.2 cm³/mol. The molecule has 0 heterocycles. The van der Waals surface area contributed by atoms with Gasteiger partial charge in [0.05, 0.1) is 6.54 Å². The van der Waals surface area contributed by atoms with Gasteiger partial charge in [0.1, 0.15) is 11.4 Å². The van der Waals surface area contributed by atoms with Crippen molar-refractivity contribution in [3.8, 4) is 12.3 Å². The third-order valence-corrected chi connectivity index (χ3v) is 2.37. The Hall–Kier alpha value is -1.86. The molecule has 1 aromatic rings. The number of carboxylic acid groups (broad SMARTS) is 1. The monoisotopic (exact) mass is 221 g/mol. The molecule has 16 heavy (non-hydrogen) atoms. The molecule has 84 valence electrons. The first kappa shape index (κ1) is 12.2. The van der Waals surface area contributed by atoms with Gasteiger partial charge in [-0.05, 0) is 24.6 Å². The Morgan fingerprint density at radius 3 is 2.88 bits per heavy atom. The average Bonchev–Trinajstić information content (AvgIpc) is 2.25. The fourth-order valence-electron chi connectivity index (χ4n) is 1.33. The van der Waals surface area contributed by atoms with Crippen LogP contribution in [0, 0.1) is 18.2 Å². The van der Waals surface area contributed by atoms with Gasteiger partial charge >= 0.3 is 5.97 Å². The van der Waals surface area contributed by atoms with E-state index in [0.29, 0.717) is 5.56 Å². The minimum Gasteiger partial charge on any atom is -0.480 e. The summed E-state index contributed by atoms with van der Waals surface area (Å²) in [6.07, 6.45) is 5.06. The second-order valence-electron chi connectivity index (χ2n) is 3.50. The molecule has 0 saturated heterocycles. The molecule has 0 aliphatic heterocycles. The molecule has 0 aliphatic carbocycles. The Balaban J connectivity index is 3.12. The van der Waals surface area contributed by atoms with Crippen molar-refractivity contribution in [1.29, 1.82) is 0 Å². The first-order chi connectivity index (χ1) is 7.50. The molecule has 1 aromatic carbocycles. The molecule has 1 atom stereocenters. The highest BCUT2D eigenvalue weighted by atomic mass is 19.1. The summed E-state index contributed by atoms with van der Waals surface area (Å²) >= 11 is 0. The fraction of sp³-hybridized carbons (Fsp3) is 0.250. The average molecular weight is 221 g/mol. The molecule has 0 amide bonds. The van der Waals surface area contributed by atoms with E-state index in [2.05, 4.69) is 11.2 Å². The molecule has 1 unspecified atom stereocenters. The Bertz CT molecular complexity index is 439. The van der Waals surface area contributed by atoms with Gasteiger partial charge in [-0.2, -0.15) is 0 Å². The Morgan fingerprint density at radius 2 is 2.38 bits per heavy atom. The normalized spacial score (nSPS) is 13.8. The van der Waals surface area contributed by atoms with E-state index in [1.165, 1.54) is 25.1 Å². The van der Waals surface area contributed by atoms with Crippen LogP contribution < -0.4 is 5.32 Å². The summed E-state index contributed by atoms with van der Waals surface area (Å²) in [5, 5.41) is 11.8. The van der Waals surface area contributed by atoms with Crippen LogP contribution in [0.3, 0.4) is 0 Å². The fourth-order valence-corrected chi connectivity index (χ4v) is 1.33. The van der Waals surface area contributed by atoms with Crippen LogP contribution in [0.2, 0.25) is 0 Å². The van der Waals surface area contributed by atoms with Crippen LogP contribution in [0.25, 0.3) is 0 Å². The van der Waals surface area contributed by atoms with Gasteiger partial charge in [-0.25, -0.2) is 9.18 Å². The summed E-state index contributed by atoms with van der Waals surface area (Å²) in [6.45, 7) is 1.54. The Kier molecular flexibility index (Phi) is 3.64. The smallest absolute Gasteiger partial charge is 0.328 e. The van der Waals surface area contributed by atoms with Crippen LogP contribution in [0.1, 0.15) is 12.5 Å². The lowest BCUT2D eigenvalue weighted by molar-refractivity contribution is -0.144. The van der Waals surface area contributed by atoms with Crippen molar-refractivity contribution in [2.45, 2.75) is 12.5 Å². The van der Waals surface area contributed by atoms with Gasteiger partial charge in [-0.1, -0.05) is 18.1 Å². The topological polar surface area (TPSA) is 49.3 Å². The number of hydrogen-bond acceptors (Lipinski definition) is 2. The first-order valence-electron chi connectivity index (χ1n) is 4.68. The lowest BCUT2D eigenvalue weighted by atomic mass is 9.92. The van der Waals surface area contributed by atoms with E-state index in [4.69, 9.17) is 11.5 Å². The highest BCUT2D eigenvalue weighted by Gasteiger charge is 2.34. The van der Waals surface area contributed by atoms with Crippen LogP contribution in [-0.4, -0.2) is 17.6 Å². The number of aliphatic carboxylic acids is 1. The number of nitrogens with one attached hydrogen (secondary N) is 1. The van der Waals surface area contributed by atoms with E-state index in [-0.39, 0.29) is 6.54 Å². The van der Waals surface area contributed by atoms with Crippen molar-refractivity contribution in [1.82, 2.24) is 5.32 Å². The van der Waals surface area contributed by atoms with Gasteiger partial charge in [0, 0.05) is 0 Å². The van der Waals surface area contributed by atoms with Crippen molar-refractivity contribution in [2.24, 2.45) is 0 Å². The molecule has 0 aromatic heterocycles. The molecule has 0 radical (unpaired) electrons. The minimum atomic E-state index is -1.38. The van der Waals surface area contributed by atoms with Crippen molar-refractivity contribution in [2.75, 3.05) is 6.54 Å². The summed E-state index contributed by atoms with van der Waals surface area (Å²) in [4.78, 5) is 11.2. The summed E-state index contributed by atoms with van der Waals surface area (Å²) < 4.78 is 13.0. The van der Waals surface area contributed by atoms with Crippen LogP contribution in [0.15, 0.2) is 24.3 Å². The van der Waals surface area contributed by atoms with Gasteiger partial charge in [-0.15, -0.1) is 6.42 Å². The zero-order valence-corrected chi connectivity index (χ0v) is 8.83. The van der Waals surface area contributed by atoms with E-state index < -0.39 is 17.3 Å². The Labute approximate surface area is 93.3 Å². The van der Waals surface area contributed by atoms with Crippen LogP contribution in [0.5, 0.6) is 0 Å². The van der Waals surface area contributed by atoms with Gasteiger partial charge in [0.15, 0.2) is 0 Å². The maximum absolute atomic E-state index is 13.0. The zero-order chi connectivity index (χ0) is 12.2. The second kappa shape index (κ2) is 4.77. The number of benzene rings is 1. The van der Waals surface area contributed by atoms with Gasteiger partial charge in [0.2, 0.25) is 0 Å². The highest BCUT2D eigenvalue weighted by molar-refractivity contribution is 5.80. The van der Waals surface area contributed by atoms with E-state index in [1.807, 2.05) is 0 Å². The largest absolute Gasteiger partial charge is 0.480 e. The number of terminal acetylenes is 1. The number of carboxylic acids is 1. The quantitative estimate of drug-likeness (QED) is 0.754. The van der Waals surface area contributed by atoms with Crippen molar-refractivity contribution < 1.29 is 14.3 Å². The number of hydrogen-bond donors (Lipinski definition) is 2. The summed E-state index contributed by atoms with van der Waals surface area (Å²) in [5.41, 5.74) is -1.05. The van der Waals surface area contributed by atoms with Crippen molar-refractivity contribution >= 4 is 5.97 Å².